The highest BCUT2D eigenvalue weighted by Gasteiger charge is 2.17. The number of amides is 1. The smallest absolute Gasteiger partial charge is 0.303 e. The summed E-state index contributed by atoms with van der Waals surface area (Å²) in [6.07, 6.45) is -0.00442. The maximum Gasteiger partial charge on any atom is 0.303 e. The third kappa shape index (κ3) is 6.76. The highest BCUT2D eigenvalue weighted by molar-refractivity contribution is 5.82. The maximum atomic E-state index is 11.7. The second-order valence-corrected chi connectivity index (χ2v) is 5.07. The van der Waals surface area contributed by atoms with Crippen molar-refractivity contribution in [3.8, 4) is 5.75 Å². The summed E-state index contributed by atoms with van der Waals surface area (Å²) in [5.74, 6) is -0.595. The highest BCUT2D eigenvalue weighted by atomic mass is 16.5. The zero-order valence-corrected chi connectivity index (χ0v) is 12.3. The van der Waals surface area contributed by atoms with E-state index in [1.807, 2.05) is 31.2 Å². The summed E-state index contributed by atoms with van der Waals surface area (Å²) < 4.78 is 5.55. The lowest BCUT2D eigenvalue weighted by Crippen LogP contribution is -2.46. The summed E-state index contributed by atoms with van der Waals surface area (Å²) in [5.41, 5.74) is 6.77. The fourth-order valence-corrected chi connectivity index (χ4v) is 1.66. The number of nitrogens with two attached hydrogens (primary N) is 1. The number of ether oxygens (including phenoxy) is 1. The van der Waals surface area contributed by atoms with Crippen molar-refractivity contribution >= 4 is 11.9 Å². The largest absolute Gasteiger partial charge is 0.491 e. The SMILES string of the molecule is Cc1ccc(OCC(C)NC(=O)C(N)CCC(=O)O)cc1. The Labute approximate surface area is 124 Å². The van der Waals surface area contributed by atoms with E-state index < -0.39 is 12.0 Å². The first kappa shape index (κ1) is 17.0. The Bertz CT molecular complexity index is 473. The van der Waals surface area contributed by atoms with Crippen molar-refractivity contribution in [2.45, 2.75) is 38.8 Å². The Morgan fingerprint density at radius 1 is 1.33 bits per heavy atom. The average Bonchev–Trinajstić information content (AvgIpc) is 2.44. The molecule has 116 valence electrons. The number of aliphatic carboxylic acids is 1. The van der Waals surface area contributed by atoms with E-state index >= 15 is 0 Å². The van der Waals surface area contributed by atoms with Gasteiger partial charge < -0.3 is 20.9 Å². The molecule has 1 amide bonds. The summed E-state index contributed by atoms with van der Waals surface area (Å²) >= 11 is 0. The van der Waals surface area contributed by atoms with E-state index in [4.69, 9.17) is 15.6 Å². The number of nitrogens with one attached hydrogen (secondary N) is 1. The van der Waals surface area contributed by atoms with Gasteiger partial charge in [-0.25, -0.2) is 0 Å². The van der Waals surface area contributed by atoms with Crippen LogP contribution >= 0.6 is 0 Å². The molecule has 6 nitrogen and oxygen atoms in total. The van der Waals surface area contributed by atoms with Gasteiger partial charge in [0.15, 0.2) is 0 Å². The van der Waals surface area contributed by atoms with Gasteiger partial charge >= 0.3 is 5.97 Å². The molecule has 0 fully saturated rings. The van der Waals surface area contributed by atoms with Gasteiger partial charge in [-0.1, -0.05) is 17.7 Å². The van der Waals surface area contributed by atoms with E-state index in [0.717, 1.165) is 11.3 Å². The van der Waals surface area contributed by atoms with E-state index in [-0.39, 0.29) is 24.8 Å². The first-order valence-electron chi connectivity index (χ1n) is 6.85. The fourth-order valence-electron chi connectivity index (χ4n) is 1.66. The monoisotopic (exact) mass is 294 g/mol. The molecule has 1 aromatic rings. The molecule has 0 aliphatic rings. The predicted molar refractivity (Wildman–Crippen MR) is 79.1 cm³/mol. The molecule has 0 saturated carbocycles. The quantitative estimate of drug-likeness (QED) is 0.665. The molecule has 0 aromatic heterocycles. The Morgan fingerprint density at radius 3 is 2.52 bits per heavy atom. The van der Waals surface area contributed by atoms with Gasteiger partial charge in [-0.05, 0) is 32.4 Å². The van der Waals surface area contributed by atoms with Crippen LogP contribution in [-0.4, -0.2) is 35.7 Å². The number of benzene rings is 1. The minimum atomic E-state index is -0.964. The van der Waals surface area contributed by atoms with Crippen LogP contribution in [0.5, 0.6) is 5.75 Å². The van der Waals surface area contributed by atoms with Crippen LogP contribution in [0, 0.1) is 6.92 Å². The first-order valence-corrected chi connectivity index (χ1v) is 6.85. The maximum absolute atomic E-state index is 11.7. The number of rotatable bonds is 8. The third-order valence-electron chi connectivity index (χ3n) is 2.92. The zero-order valence-electron chi connectivity index (χ0n) is 12.3. The van der Waals surface area contributed by atoms with Gasteiger partial charge in [0.1, 0.15) is 12.4 Å². The van der Waals surface area contributed by atoms with E-state index in [1.165, 1.54) is 0 Å². The average molecular weight is 294 g/mol. The number of carbonyl (C=O) groups is 2. The lowest BCUT2D eigenvalue weighted by atomic mass is 10.1. The van der Waals surface area contributed by atoms with E-state index in [0.29, 0.717) is 6.61 Å². The van der Waals surface area contributed by atoms with Crippen LogP contribution in [0.3, 0.4) is 0 Å². The lowest BCUT2D eigenvalue weighted by Gasteiger charge is -2.17. The van der Waals surface area contributed by atoms with E-state index in [1.54, 1.807) is 6.92 Å². The third-order valence-corrected chi connectivity index (χ3v) is 2.92. The van der Waals surface area contributed by atoms with Gasteiger partial charge in [-0.2, -0.15) is 0 Å². The molecule has 0 aliphatic heterocycles. The molecule has 1 rings (SSSR count). The van der Waals surface area contributed by atoms with Crippen LogP contribution < -0.4 is 15.8 Å². The number of aryl methyl sites for hydroxylation is 1. The second-order valence-electron chi connectivity index (χ2n) is 5.07. The molecule has 0 aliphatic carbocycles. The zero-order chi connectivity index (χ0) is 15.8. The first-order chi connectivity index (χ1) is 9.88. The Morgan fingerprint density at radius 2 is 1.95 bits per heavy atom. The van der Waals surface area contributed by atoms with Gasteiger partial charge in [0, 0.05) is 6.42 Å². The van der Waals surface area contributed by atoms with Crippen LogP contribution in [0.1, 0.15) is 25.3 Å². The van der Waals surface area contributed by atoms with Gasteiger partial charge in [0.2, 0.25) is 5.91 Å². The topological polar surface area (TPSA) is 102 Å². The number of carboxylic acids is 1. The molecule has 21 heavy (non-hydrogen) atoms. The number of carboxylic acid groups (broad SMARTS) is 1. The Hall–Kier alpha value is -2.08. The van der Waals surface area contributed by atoms with Crippen LogP contribution in [0.15, 0.2) is 24.3 Å². The van der Waals surface area contributed by atoms with E-state index in [2.05, 4.69) is 5.32 Å². The van der Waals surface area contributed by atoms with Crippen molar-refractivity contribution in [3.05, 3.63) is 29.8 Å². The summed E-state index contributed by atoms with van der Waals surface area (Å²) in [6, 6.07) is 6.59. The number of hydrogen-bond acceptors (Lipinski definition) is 4. The Balaban J connectivity index is 2.32. The molecule has 6 heteroatoms. The van der Waals surface area contributed by atoms with Crippen molar-refractivity contribution < 1.29 is 19.4 Å². The fraction of sp³-hybridized carbons (Fsp3) is 0.467. The molecule has 2 atom stereocenters. The summed E-state index contributed by atoms with van der Waals surface area (Å²) in [7, 11) is 0. The Kier molecular flexibility index (Phi) is 6.68. The van der Waals surface area contributed by atoms with Gasteiger partial charge in [-0.3, -0.25) is 9.59 Å². The number of hydrogen-bond donors (Lipinski definition) is 3. The van der Waals surface area contributed by atoms with Crippen LogP contribution in [0.4, 0.5) is 0 Å². The standard InChI is InChI=1S/C15H22N2O4/c1-10-3-5-12(6-4-10)21-9-11(2)17-15(20)13(16)7-8-14(18)19/h3-6,11,13H,7-9,16H2,1-2H3,(H,17,20)(H,18,19). The van der Waals surface area contributed by atoms with E-state index in [9.17, 15) is 9.59 Å². The summed E-state index contributed by atoms with van der Waals surface area (Å²) in [6.45, 7) is 4.11. The van der Waals surface area contributed by atoms with Crippen LogP contribution in [0.2, 0.25) is 0 Å². The van der Waals surface area contributed by atoms with Crippen LogP contribution in [0.25, 0.3) is 0 Å². The molecule has 2 unspecified atom stereocenters. The molecule has 4 N–H and O–H groups in total. The molecule has 0 radical (unpaired) electrons. The number of carbonyl (C=O) groups excluding carboxylic acids is 1. The molecular weight excluding hydrogens is 272 g/mol. The second kappa shape index (κ2) is 8.26. The van der Waals surface area contributed by atoms with Crippen molar-refractivity contribution in [1.82, 2.24) is 5.32 Å². The highest BCUT2D eigenvalue weighted by Crippen LogP contribution is 2.11. The van der Waals surface area contributed by atoms with Crippen molar-refractivity contribution in [1.29, 1.82) is 0 Å². The minimum absolute atomic E-state index is 0.118. The van der Waals surface area contributed by atoms with Crippen LogP contribution in [-0.2, 0) is 9.59 Å². The van der Waals surface area contributed by atoms with Crippen molar-refractivity contribution in [3.63, 3.8) is 0 Å². The molecule has 1 aromatic carbocycles. The van der Waals surface area contributed by atoms with Gasteiger partial charge in [0.25, 0.3) is 0 Å². The van der Waals surface area contributed by atoms with Crippen molar-refractivity contribution in [2.75, 3.05) is 6.61 Å². The molecule has 0 spiro atoms. The summed E-state index contributed by atoms with van der Waals surface area (Å²) in [5, 5.41) is 11.3. The predicted octanol–water partition coefficient (Wildman–Crippen LogP) is 1.07. The minimum Gasteiger partial charge on any atom is -0.491 e. The van der Waals surface area contributed by atoms with Gasteiger partial charge in [0.05, 0.1) is 12.1 Å². The molecule has 0 bridgehead atoms. The van der Waals surface area contributed by atoms with Crippen molar-refractivity contribution in [2.24, 2.45) is 5.73 Å². The molecule has 0 saturated heterocycles. The summed E-state index contributed by atoms with van der Waals surface area (Å²) in [4.78, 5) is 22.2. The lowest BCUT2D eigenvalue weighted by molar-refractivity contribution is -0.137. The normalized spacial score (nSPS) is 13.3. The van der Waals surface area contributed by atoms with Gasteiger partial charge in [-0.15, -0.1) is 0 Å². The molecular formula is C15H22N2O4. The molecule has 0 heterocycles.